The highest BCUT2D eigenvalue weighted by atomic mass is 16.4. The van der Waals surface area contributed by atoms with Gasteiger partial charge in [-0.25, -0.2) is 0 Å². The fraction of sp³-hybridized carbons (Fsp3) is 0.304. The van der Waals surface area contributed by atoms with Gasteiger partial charge in [-0.15, -0.1) is 0 Å². The zero-order valence-corrected chi connectivity index (χ0v) is 17.7. The van der Waals surface area contributed by atoms with Crippen LogP contribution in [0, 0.1) is 11.3 Å². The number of rotatable bonds is 7. The molecule has 1 aromatic carbocycles. The molecule has 0 atom stereocenters. The van der Waals surface area contributed by atoms with Crippen molar-refractivity contribution < 1.29 is 18.4 Å². The summed E-state index contributed by atoms with van der Waals surface area (Å²) >= 11 is 0. The van der Waals surface area contributed by atoms with Gasteiger partial charge >= 0.3 is 0 Å². The van der Waals surface area contributed by atoms with Gasteiger partial charge in [-0.3, -0.25) is 14.5 Å². The Balaban J connectivity index is 1.27. The normalized spacial score (nSPS) is 14.2. The number of carbonyl (C=O) groups excluding carboxylic acids is 2. The van der Waals surface area contributed by atoms with E-state index in [-0.39, 0.29) is 23.3 Å². The number of amides is 1. The lowest BCUT2D eigenvalue weighted by atomic mass is 10.1. The minimum absolute atomic E-state index is 0.00794. The predicted molar refractivity (Wildman–Crippen MR) is 117 cm³/mol. The Kier molecular flexibility index (Phi) is 6.33. The molecule has 1 fully saturated rings. The topological polar surface area (TPSA) is 116 Å². The first kappa shape index (κ1) is 21.3. The summed E-state index contributed by atoms with van der Waals surface area (Å²) < 4.78 is 11.1. The van der Waals surface area contributed by atoms with Crippen LogP contribution in [-0.2, 0) is 4.79 Å². The Bertz CT molecular complexity index is 1120. The maximum Gasteiger partial charge on any atom is 0.266 e. The minimum Gasteiger partial charge on any atom is -0.459 e. The molecule has 4 rings (SSSR count). The molecule has 3 heterocycles. The number of anilines is 2. The van der Waals surface area contributed by atoms with Crippen LogP contribution in [0.25, 0.3) is 11.7 Å². The first-order chi connectivity index (χ1) is 15.5. The summed E-state index contributed by atoms with van der Waals surface area (Å²) in [5, 5.41) is 12.3. The van der Waals surface area contributed by atoms with Crippen LogP contribution in [0.5, 0.6) is 0 Å². The molecule has 1 aliphatic heterocycles. The van der Waals surface area contributed by atoms with Gasteiger partial charge in [0.15, 0.2) is 11.5 Å². The first-order valence-corrected chi connectivity index (χ1v) is 10.4. The number of nitriles is 1. The highest BCUT2D eigenvalue weighted by molar-refractivity contribution is 5.95. The lowest BCUT2D eigenvalue weighted by Gasteiger charge is -2.34. The lowest BCUT2D eigenvalue weighted by molar-refractivity contribution is -0.116. The standard InChI is InChI=1S/C23H23N5O4/c1-16(29)17-4-6-18(7-5-17)25-21(30)8-9-27-10-12-28(13-11-27)23-19(15-24)26-22(32-23)20-3-2-14-31-20/h2-7,14H,8-13H2,1H3,(H,25,30). The van der Waals surface area contributed by atoms with Gasteiger partial charge in [-0.2, -0.15) is 10.2 Å². The van der Waals surface area contributed by atoms with E-state index in [0.717, 1.165) is 13.1 Å². The molecular weight excluding hydrogens is 410 g/mol. The van der Waals surface area contributed by atoms with Gasteiger partial charge in [0.1, 0.15) is 6.07 Å². The Morgan fingerprint density at radius 3 is 2.53 bits per heavy atom. The van der Waals surface area contributed by atoms with E-state index in [4.69, 9.17) is 8.83 Å². The van der Waals surface area contributed by atoms with Gasteiger partial charge in [0.05, 0.1) is 6.26 Å². The van der Waals surface area contributed by atoms with E-state index in [2.05, 4.69) is 21.3 Å². The minimum atomic E-state index is -0.0758. The summed E-state index contributed by atoms with van der Waals surface area (Å²) in [5.41, 5.74) is 1.52. The van der Waals surface area contributed by atoms with E-state index in [1.807, 2.05) is 4.90 Å². The first-order valence-electron chi connectivity index (χ1n) is 10.4. The highest BCUT2D eigenvalue weighted by Gasteiger charge is 2.25. The number of carbonyl (C=O) groups is 2. The van der Waals surface area contributed by atoms with Crippen molar-refractivity contribution in [2.45, 2.75) is 13.3 Å². The molecule has 9 heteroatoms. The van der Waals surface area contributed by atoms with E-state index in [0.29, 0.717) is 49.0 Å². The summed E-state index contributed by atoms with van der Waals surface area (Å²) in [7, 11) is 0. The number of hydrogen-bond acceptors (Lipinski definition) is 8. The third-order valence-corrected chi connectivity index (χ3v) is 5.34. The van der Waals surface area contributed by atoms with Crippen LogP contribution < -0.4 is 10.2 Å². The number of benzene rings is 1. The van der Waals surface area contributed by atoms with E-state index >= 15 is 0 Å². The molecule has 1 N–H and O–H groups in total. The van der Waals surface area contributed by atoms with E-state index in [9.17, 15) is 14.9 Å². The smallest absolute Gasteiger partial charge is 0.266 e. The van der Waals surface area contributed by atoms with Crippen LogP contribution in [0.15, 0.2) is 51.5 Å². The lowest BCUT2D eigenvalue weighted by Crippen LogP contribution is -2.47. The maximum atomic E-state index is 12.3. The van der Waals surface area contributed by atoms with Gasteiger partial charge in [0.2, 0.25) is 17.5 Å². The average molecular weight is 433 g/mol. The van der Waals surface area contributed by atoms with Gasteiger partial charge in [0, 0.05) is 50.4 Å². The number of nitrogens with zero attached hydrogens (tertiary/aromatic N) is 4. The van der Waals surface area contributed by atoms with E-state index in [1.165, 1.54) is 13.2 Å². The third kappa shape index (κ3) is 4.87. The summed E-state index contributed by atoms with van der Waals surface area (Å²) in [5.74, 6) is 1.13. The van der Waals surface area contributed by atoms with Crippen molar-refractivity contribution in [2.75, 3.05) is 42.9 Å². The number of furan rings is 1. The van der Waals surface area contributed by atoms with Gasteiger partial charge in [-0.1, -0.05) is 0 Å². The van der Waals surface area contributed by atoms with Crippen molar-refractivity contribution in [3.05, 3.63) is 53.9 Å². The molecule has 0 unspecified atom stereocenters. The Morgan fingerprint density at radius 2 is 1.91 bits per heavy atom. The van der Waals surface area contributed by atoms with Gasteiger partial charge in [-0.05, 0) is 43.3 Å². The molecule has 0 bridgehead atoms. The zero-order valence-electron chi connectivity index (χ0n) is 17.7. The van der Waals surface area contributed by atoms with Crippen LogP contribution >= 0.6 is 0 Å². The number of ketones is 1. The molecule has 164 valence electrons. The van der Waals surface area contributed by atoms with Crippen molar-refractivity contribution in [3.63, 3.8) is 0 Å². The van der Waals surface area contributed by atoms with Crippen LogP contribution in [0.1, 0.15) is 29.4 Å². The van der Waals surface area contributed by atoms with E-state index in [1.54, 1.807) is 36.4 Å². The second-order valence-electron chi connectivity index (χ2n) is 7.52. The molecule has 3 aromatic rings. The molecule has 9 nitrogen and oxygen atoms in total. The Hall–Kier alpha value is -3.90. The van der Waals surface area contributed by atoms with Crippen LogP contribution in [0.2, 0.25) is 0 Å². The number of oxazole rings is 1. The number of Topliss-reactive ketones (excluding diaryl/α,β-unsaturated/α-hetero) is 1. The molecule has 0 saturated carbocycles. The van der Waals surface area contributed by atoms with E-state index < -0.39 is 0 Å². The second-order valence-corrected chi connectivity index (χ2v) is 7.52. The van der Waals surface area contributed by atoms with Crippen LogP contribution in [-0.4, -0.2) is 54.3 Å². The summed E-state index contributed by atoms with van der Waals surface area (Å²) in [6.45, 7) is 4.94. The molecular formula is C23H23N5O4. The van der Waals surface area contributed by atoms with Crippen LogP contribution in [0.3, 0.4) is 0 Å². The maximum absolute atomic E-state index is 12.3. The van der Waals surface area contributed by atoms with Crippen LogP contribution in [0.4, 0.5) is 11.6 Å². The molecule has 1 saturated heterocycles. The van der Waals surface area contributed by atoms with Crippen molar-refractivity contribution in [1.82, 2.24) is 9.88 Å². The Morgan fingerprint density at radius 1 is 1.16 bits per heavy atom. The quantitative estimate of drug-likeness (QED) is 0.565. The van der Waals surface area contributed by atoms with Crippen molar-refractivity contribution in [1.29, 1.82) is 5.26 Å². The molecule has 1 aliphatic rings. The molecule has 0 spiro atoms. The fourth-order valence-electron chi connectivity index (χ4n) is 3.55. The number of hydrogen-bond donors (Lipinski definition) is 1. The molecule has 0 aliphatic carbocycles. The molecule has 2 aromatic heterocycles. The zero-order chi connectivity index (χ0) is 22.5. The third-order valence-electron chi connectivity index (χ3n) is 5.34. The number of aromatic nitrogens is 1. The van der Waals surface area contributed by atoms with Gasteiger partial charge < -0.3 is 19.1 Å². The SMILES string of the molecule is CC(=O)c1ccc(NC(=O)CCN2CCN(c3oc(-c4ccco4)nc3C#N)CC2)cc1. The average Bonchev–Trinajstić information content (AvgIpc) is 3.48. The molecule has 0 radical (unpaired) electrons. The number of piperazine rings is 1. The fourth-order valence-corrected chi connectivity index (χ4v) is 3.55. The summed E-state index contributed by atoms with van der Waals surface area (Å²) in [6, 6.07) is 12.4. The largest absolute Gasteiger partial charge is 0.459 e. The predicted octanol–water partition coefficient (Wildman–Crippen LogP) is 3.16. The second kappa shape index (κ2) is 9.49. The monoisotopic (exact) mass is 433 g/mol. The highest BCUT2D eigenvalue weighted by Crippen LogP contribution is 2.29. The summed E-state index contributed by atoms with van der Waals surface area (Å²) in [6.07, 6.45) is 1.89. The molecule has 1 amide bonds. The summed E-state index contributed by atoms with van der Waals surface area (Å²) in [4.78, 5) is 32.0. The van der Waals surface area contributed by atoms with Crippen molar-refractivity contribution in [3.8, 4) is 17.7 Å². The van der Waals surface area contributed by atoms with Crippen molar-refractivity contribution in [2.24, 2.45) is 0 Å². The van der Waals surface area contributed by atoms with Gasteiger partial charge in [0.25, 0.3) is 5.89 Å². The Labute approximate surface area is 185 Å². The molecule has 32 heavy (non-hydrogen) atoms. The van der Waals surface area contributed by atoms with Crippen molar-refractivity contribution >= 4 is 23.3 Å². The number of nitrogens with one attached hydrogen (secondary N) is 1.